The molecule has 0 bridgehead atoms. The van der Waals surface area contributed by atoms with Crippen LogP contribution >= 0.6 is 12.2 Å². The number of nitrogens with one attached hydrogen (secondary N) is 2. The van der Waals surface area contributed by atoms with Gasteiger partial charge >= 0.3 is 0 Å². The Bertz CT molecular complexity index is 1220. The van der Waals surface area contributed by atoms with Gasteiger partial charge in [0.2, 0.25) is 0 Å². The van der Waals surface area contributed by atoms with Crippen molar-refractivity contribution < 1.29 is 9.47 Å². The summed E-state index contributed by atoms with van der Waals surface area (Å²) in [6.07, 6.45) is 1.56. The summed E-state index contributed by atoms with van der Waals surface area (Å²) in [6, 6.07) is 22.3. The van der Waals surface area contributed by atoms with Crippen molar-refractivity contribution in [2.75, 3.05) is 5.32 Å². The molecule has 3 aromatic rings. The molecule has 0 radical (unpaired) electrons. The van der Waals surface area contributed by atoms with Gasteiger partial charge in [-0.25, -0.2) is 0 Å². The normalized spacial score (nSPS) is 15.2. The van der Waals surface area contributed by atoms with Gasteiger partial charge in [-0.2, -0.15) is 5.10 Å². The van der Waals surface area contributed by atoms with Crippen LogP contribution in [0.15, 0.2) is 71.8 Å². The van der Waals surface area contributed by atoms with E-state index in [1.165, 1.54) is 11.1 Å². The van der Waals surface area contributed by atoms with Gasteiger partial charge in [0.25, 0.3) is 0 Å². The molecule has 0 atom stereocenters. The van der Waals surface area contributed by atoms with E-state index in [-0.39, 0.29) is 5.60 Å². The van der Waals surface area contributed by atoms with Gasteiger partial charge in [-0.15, -0.1) is 0 Å². The van der Waals surface area contributed by atoms with E-state index in [2.05, 4.69) is 61.7 Å². The van der Waals surface area contributed by atoms with E-state index in [0.717, 1.165) is 40.4 Å². The Morgan fingerprint density at radius 2 is 1.79 bits per heavy atom. The third kappa shape index (κ3) is 5.75. The lowest BCUT2D eigenvalue weighted by Gasteiger charge is -2.33. The van der Waals surface area contributed by atoms with Gasteiger partial charge < -0.3 is 14.8 Å². The first kappa shape index (κ1) is 23.8. The number of hydrogen-bond acceptors (Lipinski definition) is 4. The number of para-hydroxylation sites is 1. The Labute approximate surface area is 207 Å². The molecule has 1 aliphatic heterocycles. The zero-order valence-electron chi connectivity index (χ0n) is 20.1. The number of nitrogens with zero attached hydrogens (tertiary/aromatic N) is 1. The van der Waals surface area contributed by atoms with Crippen LogP contribution in [0.25, 0.3) is 0 Å². The number of benzene rings is 3. The number of hydrazone groups is 1. The largest absolute Gasteiger partial charge is 0.489 e. The van der Waals surface area contributed by atoms with Crippen LogP contribution in [-0.4, -0.2) is 16.4 Å². The van der Waals surface area contributed by atoms with E-state index < -0.39 is 0 Å². The van der Waals surface area contributed by atoms with Crippen molar-refractivity contribution in [3.63, 3.8) is 0 Å². The van der Waals surface area contributed by atoms with Crippen molar-refractivity contribution in [1.29, 1.82) is 0 Å². The van der Waals surface area contributed by atoms with Gasteiger partial charge in [-0.3, -0.25) is 5.43 Å². The maximum atomic E-state index is 6.21. The van der Waals surface area contributed by atoms with Crippen molar-refractivity contribution in [3.8, 4) is 11.5 Å². The molecule has 4 rings (SSSR count). The highest BCUT2D eigenvalue weighted by molar-refractivity contribution is 7.80. The van der Waals surface area contributed by atoms with Crippen LogP contribution in [0.2, 0.25) is 0 Å². The highest BCUT2D eigenvalue weighted by Gasteiger charge is 2.31. The SMILES string of the molecule is CCc1ccccc1NC(=S)NN=C1CC(C)(C)Oc2ccc(OCc3ccccc3C)cc21. The van der Waals surface area contributed by atoms with Gasteiger partial charge in [-0.1, -0.05) is 49.4 Å². The van der Waals surface area contributed by atoms with Gasteiger partial charge in [0.1, 0.15) is 23.7 Å². The fourth-order valence-corrected chi connectivity index (χ4v) is 4.15. The molecule has 0 aliphatic carbocycles. The first-order valence-electron chi connectivity index (χ1n) is 11.6. The van der Waals surface area contributed by atoms with Crippen molar-refractivity contribution in [3.05, 3.63) is 89.0 Å². The molecule has 0 unspecified atom stereocenters. The summed E-state index contributed by atoms with van der Waals surface area (Å²) in [5.41, 5.74) is 9.00. The topological polar surface area (TPSA) is 54.9 Å². The van der Waals surface area contributed by atoms with Gasteiger partial charge in [0.15, 0.2) is 5.11 Å². The summed E-state index contributed by atoms with van der Waals surface area (Å²) < 4.78 is 12.3. The van der Waals surface area contributed by atoms with E-state index >= 15 is 0 Å². The minimum Gasteiger partial charge on any atom is -0.489 e. The summed E-state index contributed by atoms with van der Waals surface area (Å²) in [7, 11) is 0. The Balaban J connectivity index is 1.52. The number of rotatable bonds is 6. The molecule has 0 amide bonds. The van der Waals surface area contributed by atoms with Crippen molar-refractivity contribution in [2.24, 2.45) is 5.10 Å². The predicted octanol–water partition coefficient (Wildman–Crippen LogP) is 6.39. The summed E-state index contributed by atoms with van der Waals surface area (Å²) in [5.74, 6) is 1.56. The third-order valence-electron chi connectivity index (χ3n) is 5.84. The second-order valence-corrected chi connectivity index (χ2v) is 9.46. The first-order valence-corrected chi connectivity index (χ1v) is 12.0. The number of ether oxygens (including phenoxy) is 2. The number of anilines is 1. The molecule has 0 aromatic heterocycles. The molecule has 34 heavy (non-hydrogen) atoms. The van der Waals surface area contributed by atoms with Crippen molar-refractivity contribution in [1.82, 2.24) is 5.43 Å². The minimum absolute atomic E-state index is 0.374. The lowest BCUT2D eigenvalue weighted by Crippen LogP contribution is -2.37. The van der Waals surface area contributed by atoms with E-state index in [1.54, 1.807) is 0 Å². The van der Waals surface area contributed by atoms with Crippen LogP contribution in [0.3, 0.4) is 0 Å². The minimum atomic E-state index is -0.374. The Kier molecular flexibility index (Phi) is 7.17. The quantitative estimate of drug-likeness (QED) is 0.321. The molecule has 0 spiro atoms. The fraction of sp³-hybridized carbons (Fsp3) is 0.286. The second-order valence-electron chi connectivity index (χ2n) is 9.05. The number of hydrogen-bond donors (Lipinski definition) is 2. The molecular formula is C28H31N3O2S. The maximum Gasteiger partial charge on any atom is 0.191 e. The van der Waals surface area contributed by atoms with E-state index in [9.17, 15) is 0 Å². The summed E-state index contributed by atoms with van der Waals surface area (Å²) >= 11 is 5.52. The maximum absolute atomic E-state index is 6.21. The molecule has 2 N–H and O–H groups in total. The molecule has 0 saturated heterocycles. The standard InChI is InChI=1S/C28H31N3O2S/c1-5-20-11-8-9-13-24(20)29-27(34)31-30-25-17-28(3,4)33-26-15-14-22(16-23(25)26)32-18-21-12-7-6-10-19(21)2/h6-16H,5,17-18H2,1-4H3,(H2,29,31,34). The number of aryl methyl sites for hydroxylation is 2. The summed E-state index contributed by atoms with van der Waals surface area (Å²) in [4.78, 5) is 0. The molecule has 6 heteroatoms. The van der Waals surface area contributed by atoms with Gasteiger partial charge in [0.05, 0.1) is 5.71 Å². The molecule has 5 nitrogen and oxygen atoms in total. The fourth-order valence-electron chi connectivity index (χ4n) is 4.00. The van der Waals surface area contributed by atoms with Crippen LogP contribution in [0.1, 0.15) is 49.4 Å². The molecule has 176 valence electrons. The molecule has 3 aromatic carbocycles. The van der Waals surface area contributed by atoms with Crippen LogP contribution in [0.4, 0.5) is 5.69 Å². The molecule has 0 fully saturated rings. The van der Waals surface area contributed by atoms with E-state index in [0.29, 0.717) is 18.1 Å². The molecular weight excluding hydrogens is 442 g/mol. The van der Waals surface area contributed by atoms with Crippen molar-refractivity contribution >= 4 is 28.7 Å². The Morgan fingerprint density at radius 3 is 2.56 bits per heavy atom. The molecule has 1 aliphatic rings. The Hall–Kier alpha value is -3.38. The zero-order chi connectivity index (χ0) is 24.1. The lowest BCUT2D eigenvalue weighted by molar-refractivity contribution is 0.111. The highest BCUT2D eigenvalue weighted by atomic mass is 32.1. The average Bonchev–Trinajstić information content (AvgIpc) is 2.82. The molecule has 1 heterocycles. The highest BCUT2D eigenvalue weighted by Crippen LogP contribution is 2.35. The predicted molar refractivity (Wildman–Crippen MR) is 143 cm³/mol. The molecule has 0 saturated carbocycles. The first-order chi connectivity index (χ1) is 16.3. The van der Waals surface area contributed by atoms with Gasteiger partial charge in [0, 0.05) is 17.7 Å². The number of thiocarbonyl (C=S) groups is 1. The summed E-state index contributed by atoms with van der Waals surface area (Å²) in [6.45, 7) is 8.84. The van der Waals surface area contributed by atoms with Crippen LogP contribution in [0.5, 0.6) is 11.5 Å². The smallest absolute Gasteiger partial charge is 0.191 e. The second kappa shape index (κ2) is 10.3. The summed E-state index contributed by atoms with van der Waals surface area (Å²) in [5, 5.41) is 8.38. The third-order valence-corrected chi connectivity index (χ3v) is 6.03. The zero-order valence-corrected chi connectivity index (χ0v) is 21.0. The van der Waals surface area contributed by atoms with Gasteiger partial charge in [-0.05, 0) is 80.4 Å². The monoisotopic (exact) mass is 473 g/mol. The number of fused-ring (bicyclic) bond motifs is 1. The Morgan fingerprint density at radius 1 is 1.06 bits per heavy atom. The van der Waals surface area contributed by atoms with E-state index in [4.69, 9.17) is 21.7 Å². The van der Waals surface area contributed by atoms with E-state index in [1.807, 2.05) is 48.5 Å². The van der Waals surface area contributed by atoms with Crippen LogP contribution in [0, 0.1) is 6.92 Å². The lowest BCUT2D eigenvalue weighted by atomic mass is 9.92. The van der Waals surface area contributed by atoms with Crippen LogP contribution in [-0.2, 0) is 13.0 Å². The average molecular weight is 474 g/mol. The van der Waals surface area contributed by atoms with Crippen LogP contribution < -0.4 is 20.2 Å². The van der Waals surface area contributed by atoms with Crippen molar-refractivity contribution in [2.45, 2.75) is 52.7 Å².